The monoisotopic (exact) mass is 250 g/mol. The summed E-state index contributed by atoms with van der Waals surface area (Å²) in [6, 6.07) is 0. The van der Waals surface area contributed by atoms with Gasteiger partial charge in [-0.15, -0.1) is 0 Å². The maximum Gasteiger partial charge on any atom is 0.137 e. The van der Waals surface area contributed by atoms with Crippen LogP contribution in [-0.2, 0) is 6.42 Å². The van der Waals surface area contributed by atoms with Gasteiger partial charge in [0.2, 0.25) is 0 Å². The molecule has 1 aliphatic rings. The number of likely N-dealkylation sites (N-methyl/N-ethyl adjacent to an activating group) is 2. The molecular weight excluding hydrogens is 228 g/mol. The third kappa shape index (κ3) is 2.56. The Balaban J connectivity index is 2.37. The van der Waals surface area contributed by atoms with Crippen molar-refractivity contribution in [1.82, 2.24) is 9.97 Å². The molecule has 0 saturated carbocycles. The number of aryl methyl sites for hydroxylation is 1. The molecule has 18 heavy (non-hydrogen) atoms. The molecule has 0 unspecified atom stereocenters. The van der Waals surface area contributed by atoms with Crippen molar-refractivity contribution < 1.29 is 5.11 Å². The molecule has 0 bridgehead atoms. The first-order valence-corrected chi connectivity index (χ1v) is 6.30. The van der Waals surface area contributed by atoms with Gasteiger partial charge in [0.05, 0.1) is 5.60 Å². The van der Waals surface area contributed by atoms with Crippen LogP contribution in [0.25, 0.3) is 0 Å². The molecule has 0 spiro atoms. The molecule has 0 atom stereocenters. The van der Waals surface area contributed by atoms with Crippen LogP contribution in [0.15, 0.2) is 0 Å². The van der Waals surface area contributed by atoms with Crippen molar-refractivity contribution in [1.29, 1.82) is 0 Å². The van der Waals surface area contributed by atoms with Crippen molar-refractivity contribution in [3.63, 3.8) is 0 Å². The van der Waals surface area contributed by atoms with Gasteiger partial charge in [-0.2, -0.15) is 0 Å². The van der Waals surface area contributed by atoms with Crippen molar-refractivity contribution >= 4 is 11.6 Å². The second-order valence-electron chi connectivity index (χ2n) is 5.74. The highest BCUT2D eigenvalue weighted by molar-refractivity contribution is 5.63. The van der Waals surface area contributed by atoms with Crippen molar-refractivity contribution in [2.75, 3.05) is 37.0 Å². The lowest BCUT2D eigenvalue weighted by molar-refractivity contribution is 0.0884. The first kappa shape index (κ1) is 13.1. The summed E-state index contributed by atoms with van der Waals surface area (Å²) in [5.74, 6) is 2.75. The molecule has 0 aliphatic carbocycles. The van der Waals surface area contributed by atoms with E-state index < -0.39 is 5.60 Å². The maximum atomic E-state index is 9.92. The molecule has 0 saturated heterocycles. The van der Waals surface area contributed by atoms with E-state index in [-0.39, 0.29) is 0 Å². The molecule has 1 aromatic rings. The fourth-order valence-electron chi connectivity index (χ4n) is 2.46. The van der Waals surface area contributed by atoms with E-state index in [4.69, 9.17) is 0 Å². The second kappa shape index (κ2) is 4.39. The Morgan fingerprint density at radius 2 is 2.06 bits per heavy atom. The summed E-state index contributed by atoms with van der Waals surface area (Å²) < 4.78 is 0. The summed E-state index contributed by atoms with van der Waals surface area (Å²) in [4.78, 5) is 13.2. The van der Waals surface area contributed by atoms with Gasteiger partial charge in [-0.3, -0.25) is 0 Å². The minimum atomic E-state index is -0.731. The lowest BCUT2D eigenvalue weighted by Crippen LogP contribution is -2.37. The first-order valence-electron chi connectivity index (χ1n) is 6.30. The Morgan fingerprint density at radius 3 is 2.67 bits per heavy atom. The van der Waals surface area contributed by atoms with Crippen LogP contribution in [0.4, 0.5) is 11.6 Å². The average Bonchev–Trinajstić information content (AvgIpc) is 2.57. The normalized spacial score (nSPS) is 14.9. The molecule has 5 heteroatoms. The fourth-order valence-corrected chi connectivity index (χ4v) is 2.46. The number of fused-ring (bicyclic) bond motifs is 1. The molecule has 1 aliphatic heterocycles. The zero-order valence-corrected chi connectivity index (χ0v) is 11.9. The van der Waals surface area contributed by atoms with Crippen LogP contribution < -0.4 is 9.80 Å². The topological polar surface area (TPSA) is 52.5 Å². The van der Waals surface area contributed by atoms with Crippen LogP contribution in [0.5, 0.6) is 0 Å². The lowest BCUT2D eigenvalue weighted by Gasteiger charge is -2.28. The molecule has 2 rings (SSSR count). The second-order valence-corrected chi connectivity index (χ2v) is 5.74. The van der Waals surface area contributed by atoms with Gasteiger partial charge < -0.3 is 14.9 Å². The number of anilines is 2. The molecule has 0 aromatic carbocycles. The summed E-state index contributed by atoms with van der Waals surface area (Å²) >= 11 is 0. The summed E-state index contributed by atoms with van der Waals surface area (Å²) in [7, 11) is 4.02. The van der Waals surface area contributed by atoms with E-state index in [9.17, 15) is 5.11 Å². The molecule has 100 valence electrons. The highest BCUT2D eigenvalue weighted by Gasteiger charge is 2.26. The van der Waals surface area contributed by atoms with E-state index in [0.29, 0.717) is 6.54 Å². The van der Waals surface area contributed by atoms with Gasteiger partial charge in [0.1, 0.15) is 17.5 Å². The Hall–Kier alpha value is -1.36. The van der Waals surface area contributed by atoms with Crippen LogP contribution >= 0.6 is 0 Å². The largest absolute Gasteiger partial charge is 0.389 e. The molecule has 1 N–H and O–H groups in total. The van der Waals surface area contributed by atoms with Gasteiger partial charge in [-0.05, 0) is 27.2 Å². The van der Waals surface area contributed by atoms with E-state index in [1.807, 2.05) is 32.7 Å². The molecule has 1 aromatic heterocycles. The number of aromatic nitrogens is 2. The van der Waals surface area contributed by atoms with Crippen LogP contribution in [0, 0.1) is 6.92 Å². The van der Waals surface area contributed by atoms with Gasteiger partial charge in [0, 0.05) is 32.7 Å². The molecule has 0 fully saturated rings. The van der Waals surface area contributed by atoms with Gasteiger partial charge >= 0.3 is 0 Å². The quantitative estimate of drug-likeness (QED) is 0.867. The predicted octanol–water partition coefficient (Wildman–Crippen LogP) is 0.984. The Bertz CT molecular complexity index is 453. The van der Waals surface area contributed by atoms with Crippen LogP contribution in [0.2, 0.25) is 0 Å². The molecule has 0 amide bonds. The van der Waals surface area contributed by atoms with E-state index >= 15 is 0 Å². The number of hydrogen-bond donors (Lipinski definition) is 1. The van der Waals surface area contributed by atoms with Crippen molar-refractivity contribution in [2.24, 2.45) is 0 Å². The van der Waals surface area contributed by atoms with E-state index in [1.54, 1.807) is 0 Å². The Morgan fingerprint density at radius 1 is 1.39 bits per heavy atom. The number of rotatable bonds is 3. The number of aliphatic hydroxyl groups is 1. The molecule has 2 heterocycles. The van der Waals surface area contributed by atoms with Gasteiger partial charge in [-0.1, -0.05) is 0 Å². The first-order chi connectivity index (χ1) is 8.28. The minimum Gasteiger partial charge on any atom is -0.389 e. The van der Waals surface area contributed by atoms with Crippen LogP contribution in [0.1, 0.15) is 25.2 Å². The minimum absolute atomic E-state index is 0.555. The SMILES string of the molecule is Cc1nc2c(c(N(C)CC(C)(C)O)n1)CCN2C. The highest BCUT2D eigenvalue weighted by atomic mass is 16.3. The average molecular weight is 250 g/mol. The summed E-state index contributed by atoms with van der Waals surface area (Å²) in [5.41, 5.74) is 0.459. The number of hydrogen-bond acceptors (Lipinski definition) is 5. The van der Waals surface area contributed by atoms with Gasteiger partial charge in [0.25, 0.3) is 0 Å². The summed E-state index contributed by atoms with van der Waals surface area (Å²) in [6.07, 6.45) is 0.970. The van der Waals surface area contributed by atoms with Crippen LogP contribution in [0.3, 0.4) is 0 Å². The zero-order valence-electron chi connectivity index (χ0n) is 11.9. The highest BCUT2D eigenvalue weighted by Crippen LogP contribution is 2.31. The van der Waals surface area contributed by atoms with E-state index in [2.05, 4.69) is 21.9 Å². The lowest BCUT2D eigenvalue weighted by atomic mass is 10.1. The van der Waals surface area contributed by atoms with Crippen molar-refractivity contribution in [3.8, 4) is 0 Å². The molecular formula is C13H22N4O. The zero-order chi connectivity index (χ0) is 13.5. The Kier molecular flexibility index (Phi) is 3.19. The summed E-state index contributed by atoms with van der Waals surface area (Å²) in [5, 5.41) is 9.92. The maximum absolute atomic E-state index is 9.92. The van der Waals surface area contributed by atoms with E-state index in [0.717, 1.165) is 30.4 Å². The van der Waals surface area contributed by atoms with Gasteiger partial charge in [0.15, 0.2) is 0 Å². The third-order valence-corrected chi connectivity index (χ3v) is 3.12. The van der Waals surface area contributed by atoms with Crippen molar-refractivity contribution in [2.45, 2.75) is 32.8 Å². The summed E-state index contributed by atoms with van der Waals surface area (Å²) in [6.45, 7) is 7.07. The van der Waals surface area contributed by atoms with E-state index in [1.165, 1.54) is 5.56 Å². The Labute approximate surface area is 108 Å². The standard InChI is InChI=1S/C13H22N4O/c1-9-14-11-10(6-7-16(11)4)12(15-9)17(5)8-13(2,3)18/h18H,6-8H2,1-5H3. The van der Waals surface area contributed by atoms with Crippen molar-refractivity contribution in [3.05, 3.63) is 11.4 Å². The third-order valence-electron chi connectivity index (χ3n) is 3.12. The predicted molar refractivity (Wildman–Crippen MR) is 73.3 cm³/mol. The fraction of sp³-hybridized carbons (Fsp3) is 0.692. The molecule has 0 radical (unpaired) electrons. The van der Waals surface area contributed by atoms with Crippen LogP contribution in [-0.4, -0.2) is 47.9 Å². The smallest absolute Gasteiger partial charge is 0.137 e. The molecule has 5 nitrogen and oxygen atoms in total. The number of nitrogens with zero attached hydrogens (tertiary/aromatic N) is 4. The van der Waals surface area contributed by atoms with Gasteiger partial charge in [-0.25, -0.2) is 9.97 Å².